The maximum absolute atomic E-state index is 14.8. The highest BCUT2D eigenvalue weighted by Crippen LogP contribution is 2.61. The van der Waals surface area contributed by atoms with Crippen molar-refractivity contribution < 1.29 is 18.1 Å². The molecule has 0 aromatic carbocycles. The molecule has 0 fully saturated rings. The van der Waals surface area contributed by atoms with Gasteiger partial charge in [0, 0.05) is 15.5 Å². The van der Waals surface area contributed by atoms with Crippen LogP contribution in [0.25, 0.3) is 0 Å². The van der Waals surface area contributed by atoms with Gasteiger partial charge in [-0.2, -0.15) is 4.57 Å². The van der Waals surface area contributed by atoms with Gasteiger partial charge in [-0.15, -0.1) is 0 Å². The van der Waals surface area contributed by atoms with Crippen molar-refractivity contribution in [3.8, 4) is 0 Å². The van der Waals surface area contributed by atoms with Gasteiger partial charge in [0.2, 0.25) is 0 Å². The molecule has 0 spiro atoms. The smallest absolute Gasteiger partial charge is 0.391 e. The van der Waals surface area contributed by atoms with E-state index in [-0.39, 0.29) is 15.5 Å². The van der Waals surface area contributed by atoms with Crippen molar-refractivity contribution in [3.63, 3.8) is 0 Å². The molecule has 0 bridgehead atoms. The summed E-state index contributed by atoms with van der Waals surface area (Å²) in [5, 5.41) is 0.560. The lowest BCUT2D eigenvalue weighted by Crippen LogP contribution is -2.46. The molecule has 0 aliphatic rings. The second-order valence-corrected chi connectivity index (χ2v) is 52.6. The highest BCUT2D eigenvalue weighted by Gasteiger charge is 2.49. The Morgan fingerprint density at radius 3 is 0.658 bits per heavy atom. The van der Waals surface area contributed by atoms with Crippen LogP contribution in [0.3, 0.4) is 0 Å². The van der Waals surface area contributed by atoms with E-state index in [1.54, 1.807) is 0 Å². The second kappa shape index (κ2) is 12.2. The quantitative estimate of drug-likeness (QED) is 0.100. The average Bonchev–Trinajstić information content (AvgIpc) is 2.43. The zero-order valence-corrected chi connectivity index (χ0v) is 35.3. The third-order valence-electron chi connectivity index (χ3n) is 6.85. The van der Waals surface area contributed by atoms with Crippen molar-refractivity contribution in [2.75, 3.05) is 0 Å². The minimum Gasteiger partial charge on any atom is -0.391 e. The number of phosphoric acid groups is 1. The SMILES string of the molecule is C=C(OP(=O)(OC(=C)C([Si](C)(C)C)[Si](C)(C)C)OC(=C)C([Si](C)(C)C)[Si](C)(C)C)C([Si](C)(C)C)[Si](C)(C)C. The van der Waals surface area contributed by atoms with E-state index in [9.17, 15) is 4.57 Å². The van der Waals surface area contributed by atoms with Gasteiger partial charge in [-0.25, -0.2) is 0 Å². The van der Waals surface area contributed by atoms with E-state index in [2.05, 4.69) is 138 Å². The molecular weight excluding hydrogens is 588 g/mol. The molecule has 0 rings (SSSR count). The van der Waals surface area contributed by atoms with Crippen LogP contribution in [-0.4, -0.2) is 48.4 Å². The van der Waals surface area contributed by atoms with Gasteiger partial charge in [-0.05, 0) is 0 Å². The third-order valence-corrected chi connectivity index (χ3v) is 36.1. The van der Waals surface area contributed by atoms with Crippen molar-refractivity contribution in [1.82, 2.24) is 0 Å². The van der Waals surface area contributed by atoms with Crippen LogP contribution in [0, 0.1) is 0 Å². The number of allylic oxidation sites excluding steroid dienone is 3. The van der Waals surface area contributed by atoms with E-state index in [0.29, 0.717) is 17.3 Å². The standard InChI is InChI=1S/C27H63O4PSi6/c1-22(25(33(4,5)6)34(7,8)9)29-32(28,30-23(2)26(35(10,11)12)36(13,14)15)31-24(3)27(37(16,17)18)38(19,20)21/h25-27H,1-3H2,4-21H3. The summed E-state index contributed by atoms with van der Waals surface area (Å²) in [5.41, 5.74) is 0. The summed E-state index contributed by atoms with van der Waals surface area (Å²) in [6.07, 6.45) is 0. The van der Waals surface area contributed by atoms with Crippen molar-refractivity contribution in [1.29, 1.82) is 0 Å². The van der Waals surface area contributed by atoms with Gasteiger partial charge in [-0.3, -0.25) is 0 Å². The first-order valence-corrected chi connectivity index (χ1v) is 36.9. The van der Waals surface area contributed by atoms with Crippen LogP contribution in [0.4, 0.5) is 0 Å². The highest BCUT2D eigenvalue weighted by atomic mass is 31.2. The monoisotopic (exact) mass is 650 g/mol. The maximum Gasteiger partial charge on any atom is 0.646 e. The number of hydrogen-bond acceptors (Lipinski definition) is 4. The molecule has 0 heterocycles. The molecule has 0 atom stereocenters. The van der Waals surface area contributed by atoms with Gasteiger partial charge in [0.1, 0.15) is 17.3 Å². The minimum atomic E-state index is -4.13. The topological polar surface area (TPSA) is 44.8 Å². The molecule has 0 saturated heterocycles. The molecule has 0 aliphatic heterocycles. The predicted octanol–water partition coefficient (Wildman–Crippen LogP) is 11.4. The van der Waals surface area contributed by atoms with Crippen molar-refractivity contribution in [3.05, 3.63) is 37.0 Å². The van der Waals surface area contributed by atoms with Crippen LogP contribution in [0.2, 0.25) is 133 Å². The fraction of sp³-hybridized carbons (Fsp3) is 0.778. The summed E-state index contributed by atoms with van der Waals surface area (Å²) in [6.45, 7) is 55.0. The lowest BCUT2D eigenvalue weighted by Gasteiger charge is -2.42. The molecule has 224 valence electrons. The number of rotatable bonds is 15. The first-order valence-electron chi connectivity index (χ1n) is 14.0. The van der Waals surface area contributed by atoms with Crippen LogP contribution in [0.15, 0.2) is 37.0 Å². The third kappa shape index (κ3) is 11.2. The molecule has 0 aromatic rings. The first-order chi connectivity index (χ1) is 16.2. The summed E-state index contributed by atoms with van der Waals surface area (Å²) >= 11 is 0. The molecule has 38 heavy (non-hydrogen) atoms. The molecule has 0 N–H and O–H groups in total. The molecular formula is C27H63O4PSi6. The lowest BCUT2D eigenvalue weighted by molar-refractivity contribution is 0.191. The van der Waals surface area contributed by atoms with E-state index in [1.165, 1.54) is 0 Å². The minimum absolute atomic E-state index is 0.187. The summed E-state index contributed by atoms with van der Waals surface area (Å²) < 4.78 is 33.9. The summed E-state index contributed by atoms with van der Waals surface area (Å²) in [4.78, 5) is 0. The van der Waals surface area contributed by atoms with Gasteiger partial charge in [0.15, 0.2) is 0 Å². The molecule has 0 saturated carbocycles. The fourth-order valence-corrected chi connectivity index (χ4v) is 46.7. The van der Waals surface area contributed by atoms with E-state index >= 15 is 0 Å². The molecule has 0 aliphatic carbocycles. The Morgan fingerprint density at radius 1 is 0.421 bits per heavy atom. The zero-order chi connectivity index (χ0) is 31.1. The molecule has 11 heteroatoms. The maximum atomic E-state index is 14.8. The Morgan fingerprint density at radius 2 is 0.553 bits per heavy atom. The molecule has 0 unspecified atom stereocenters. The Balaban J connectivity index is 6.82. The summed E-state index contributed by atoms with van der Waals surface area (Å²) in [6, 6.07) is 0. The fourth-order valence-electron chi connectivity index (χ4n) is 7.44. The van der Waals surface area contributed by atoms with Gasteiger partial charge in [0.25, 0.3) is 0 Å². The molecule has 0 amide bonds. The van der Waals surface area contributed by atoms with Crippen LogP contribution >= 0.6 is 7.82 Å². The molecule has 0 radical (unpaired) electrons. The second-order valence-electron chi connectivity index (χ2n) is 17.6. The molecule has 4 nitrogen and oxygen atoms in total. The van der Waals surface area contributed by atoms with Gasteiger partial charge in [0.05, 0.1) is 48.4 Å². The Hall–Kier alpha value is 0.151. The van der Waals surface area contributed by atoms with E-state index in [0.717, 1.165) is 0 Å². The lowest BCUT2D eigenvalue weighted by atomic mass is 10.6. The highest BCUT2D eigenvalue weighted by molar-refractivity contribution is 7.49. The van der Waals surface area contributed by atoms with E-state index in [4.69, 9.17) is 13.6 Å². The summed E-state index contributed by atoms with van der Waals surface area (Å²) in [5.74, 6) is 1.63. The Labute approximate surface area is 243 Å². The normalized spacial score (nSPS) is 14.7. The predicted molar refractivity (Wildman–Crippen MR) is 190 cm³/mol. The van der Waals surface area contributed by atoms with Crippen molar-refractivity contribution in [2.24, 2.45) is 0 Å². The van der Waals surface area contributed by atoms with Crippen molar-refractivity contribution in [2.45, 2.75) is 133 Å². The Bertz CT molecular complexity index is 761. The number of phosphoric ester groups is 1. The Kier molecular flexibility index (Phi) is 12.2. The van der Waals surface area contributed by atoms with Gasteiger partial charge < -0.3 is 13.6 Å². The van der Waals surface area contributed by atoms with E-state index < -0.39 is 56.3 Å². The van der Waals surface area contributed by atoms with Crippen LogP contribution in [0.5, 0.6) is 0 Å². The van der Waals surface area contributed by atoms with E-state index in [1.807, 2.05) is 0 Å². The van der Waals surface area contributed by atoms with Crippen LogP contribution in [-0.2, 0) is 18.1 Å². The van der Waals surface area contributed by atoms with Crippen molar-refractivity contribution >= 4 is 56.3 Å². The van der Waals surface area contributed by atoms with Gasteiger partial charge >= 0.3 is 7.82 Å². The van der Waals surface area contributed by atoms with Crippen LogP contribution in [0.1, 0.15) is 0 Å². The summed E-state index contributed by atoms with van der Waals surface area (Å²) in [7, 11) is -14.6. The first kappa shape index (κ1) is 38.2. The largest absolute Gasteiger partial charge is 0.646 e. The molecule has 0 aromatic heterocycles. The average molecular weight is 651 g/mol. The number of hydrogen-bond donors (Lipinski definition) is 0. The zero-order valence-electron chi connectivity index (χ0n) is 28.4. The van der Waals surface area contributed by atoms with Crippen LogP contribution < -0.4 is 0 Å². The van der Waals surface area contributed by atoms with Gasteiger partial charge in [-0.1, -0.05) is 138 Å².